The lowest BCUT2D eigenvalue weighted by atomic mass is 10.4. The van der Waals surface area contributed by atoms with Crippen molar-refractivity contribution in [3.63, 3.8) is 0 Å². The van der Waals surface area contributed by atoms with E-state index in [-0.39, 0.29) is 6.54 Å². The van der Waals surface area contributed by atoms with Gasteiger partial charge >= 0.3 is 6.03 Å². The molecule has 0 unspecified atom stereocenters. The summed E-state index contributed by atoms with van der Waals surface area (Å²) < 4.78 is 23.5. The van der Waals surface area contributed by atoms with Crippen molar-refractivity contribution in [2.45, 2.75) is 6.92 Å². The summed E-state index contributed by atoms with van der Waals surface area (Å²) in [4.78, 5) is 13.4. The van der Waals surface area contributed by atoms with Gasteiger partial charge in [0.1, 0.15) is 0 Å². The van der Waals surface area contributed by atoms with Crippen molar-refractivity contribution in [2.75, 3.05) is 39.0 Å². The molecule has 0 aromatic heterocycles. The van der Waals surface area contributed by atoms with Crippen LogP contribution in [-0.2, 0) is 10.0 Å². The molecule has 6 nitrogen and oxygen atoms in total. The fourth-order valence-electron chi connectivity index (χ4n) is 1.53. The first kappa shape index (κ1) is 12.3. The number of hydrogen-bond acceptors (Lipinski definition) is 4. The van der Waals surface area contributed by atoms with Gasteiger partial charge in [0.25, 0.3) is 0 Å². The normalized spacial score (nSPS) is 17.6. The van der Waals surface area contributed by atoms with E-state index in [0.717, 1.165) is 10.6 Å². The van der Waals surface area contributed by atoms with Crippen LogP contribution in [0.1, 0.15) is 6.92 Å². The molecule has 0 saturated carbocycles. The van der Waals surface area contributed by atoms with Crippen LogP contribution in [0.25, 0.3) is 0 Å². The lowest BCUT2D eigenvalue weighted by molar-refractivity contribution is 0.172. The first-order chi connectivity index (χ1) is 6.96. The second kappa shape index (κ2) is 4.80. The Bertz CT molecular complexity index is 322. The minimum absolute atomic E-state index is 0.182. The maximum absolute atomic E-state index is 11.8. The fourth-order valence-corrected chi connectivity index (χ4v) is 2.39. The van der Waals surface area contributed by atoms with Gasteiger partial charge < -0.3 is 10.2 Å². The van der Waals surface area contributed by atoms with Crippen molar-refractivity contribution >= 4 is 16.1 Å². The highest BCUT2D eigenvalue weighted by Crippen LogP contribution is 2.05. The monoisotopic (exact) mass is 235 g/mol. The second-order valence-electron chi connectivity index (χ2n) is 3.45. The van der Waals surface area contributed by atoms with Gasteiger partial charge in [0, 0.05) is 32.7 Å². The van der Waals surface area contributed by atoms with Gasteiger partial charge in [-0.1, -0.05) is 0 Å². The molecule has 1 N–H and O–H groups in total. The smallest absolute Gasteiger partial charge is 0.321 e. The molecule has 2 amide bonds. The summed E-state index contributed by atoms with van der Waals surface area (Å²) >= 11 is 0. The van der Waals surface area contributed by atoms with Gasteiger partial charge in [-0.2, -0.15) is 0 Å². The molecule has 1 rings (SSSR count). The highest BCUT2D eigenvalue weighted by Gasteiger charge is 2.27. The summed E-state index contributed by atoms with van der Waals surface area (Å²) in [6.45, 7) is 4.39. The van der Waals surface area contributed by atoms with E-state index in [2.05, 4.69) is 5.32 Å². The molecule has 1 aliphatic heterocycles. The molecule has 1 fully saturated rings. The van der Waals surface area contributed by atoms with Gasteiger partial charge in [0.05, 0.1) is 6.26 Å². The van der Waals surface area contributed by atoms with Crippen molar-refractivity contribution in [2.24, 2.45) is 0 Å². The van der Waals surface area contributed by atoms with Gasteiger partial charge in [-0.15, -0.1) is 0 Å². The maximum Gasteiger partial charge on any atom is 0.333 e. The second-order valence-corrected chi connectivity index (χ2v) is 5.35. The molecule has 1 saturated heterocycles. The third-order valence-electron chi connectivity index (χ3n) is 2.29. The van der Waals surface area contributed by atoms with E-state index in [4.69, 9.17) is 0 Å². The molecule has 7 heteroatoms. The Labute approximate surface area is 90.3 Å². The Hall–Kier alpha value is -0.820. The van der Waals surface area contributed by atoms with Crippen LogP contribution >= 0.6 is 0 Å². The van der Waals surface area contributed by atoms with E-state index in [9.17, 15) is 13.2 Å². The van der Waals surface area contributed by atoms with Crippen LogP contribution < -0.4 is 5.32 Å². The molecule has 0 aromatic carbocycles. The average Bonchev–Trinajstić information content (AvgIpc) is 2.18. The first-order valence-electron chi connectivity index (χ1n) is 4.94. The lowest BCUT2D eigenvalue weighted by Gasteiger charge is -2.31. The van der Waals surface area contributed by atoms with Gasteiger partial charge in [-0.3, -0.25) is 0 Å². The molecule has 15 heavy (non-hydrogen) atoms. The van der Waals surface area contributed by atoms with Crippen LogP contribution in [0.5, 0.6) is 0 Å². The SMILES string of the molecule is CCN(C(=O)N1CCNCC1)S(C)(=O)=O. The van der Waals surface area contributed by atoms with Crippen LogP contribution in [0.15, 0.2) is 0 Å². The number of nitrogens with one attached hydrogen (secondary N) is 1. The van der Waals surface area contributed by atoms with Crippen molar-refractivity contribution in [1.29, 1.82) is 0 Å². The number of sulfonamides is 1. The number of carbonyl (C=O) groups excluding carboxylic acids is 1. The number of amides is 2. The van der Waals surface area contributed by atoms with Crippen LogP contribution in [0.2, 0.25) is 0 Å². The maximum atomic E-state index is 11.8. The molecule has 88 valence electrons. The van der Waals surface area contributed by atoms with E-state index in [1.54, 1.807) is 11.8 Å². The molecule has 1 aliphatic rings. The zero-order valence-electron chi connectivity index (χ0n) is 9.06. The number of urea groups is 1. The molecule has 0 spiro atoms. The Kier molecular flexibility index (Phi) is 3.92. The molecule has 0 bridgehead atoms. The van der Waals surface area contributed by atoms with Crippen molar-refractivity contribution in [1.82, 2.24) is 14.5 Å². The molecule has 0 aromatic rings. The van der Waals surface area contributed by atoms with E-state index < -0.39 is 16.1 Å². The highest BCUT2D eigenvalue weighted by atomic mass is 32.2. The first-order valence-corrected chi connectivity index (χ1v) is 6.79. The lowest BCUT2D eigenvalue weighted by Crippen LogP contribution is -2.52. The summed E-state index contributed by atoms with van der Waals surface area (Å²) in [5, 5.41) is 3.10. The van der Waals surface area contributed by atoms with Gasteiger partial charge in [0.2, 0.25) is 10.0 Å². The Morgan fingerprint density at radius 2 is 1.93 bits per heavy atom. The molecule has 0 aliphatic carbocycles. The summed E-state index contributed by atoms with van der Waals surface area (Å²) in [5.41, 5.74) is 0. The molecule has 0 radical (unpaired) electrons. The number of hydrogen-bond donors (Lipinski definition) is 1. The average molecular weight is 235 g/mol. The predicted octanol–water partition coefficient (Wildman–Crippen LogP) is -0.707. The Balaban J connectivity index is 2.72. The third kappa shape index (κ3) is 3.07. The molecular weight excluding hydrogens is 218 g/mol. The molecule has 1 heterocycles. The fraction of sp³-hybridized carbons (Fsp3) is 0.875. The number of piperazine rings is 1. The number of carbonyl (C=O) groups is 1. The van der Waals surface area contributed by atoms with Crippen LogP contribution in [0.3, 0.4) is 0 Å². The van der Waals surface area contributed by atoms with Crippen molar-refractivity contribution < 1.29 is 13.2 Å². The van der Waals surface area contributed by atoms with Gasteiger partial charge in [0.15, 0.2) is 0 Å². The quantitative estimate of drug-likeness (QED) is 0.686. The van der Waals surface area contributed by atoms with E-state index in [1.165, 1.54) is 0 Å². The van der Waals surface area contributed by atoms with Crippen LogP contribution in [0, 0.1) is 0 Å². The zero-order chi connectivity index (χ0) is 11.5. The Morgan fingerprint density at radius 3 is 2.33 bits per heavy atom. The third-order valence-corrected chi connectivity index (χ3v) is 3.50. The highest BCUT2D eigenvalue weighted by molar-refractivity contribution is 7.88. The molecular formula is C8H17N3O3S. The minimum atomic E-state index is -3.44. The summed E-state index contributed by atoms with van der Waals surface area (Å²) in [6.07, 6.45) is 1.05. The standard InChI is InChI=1S/C8H17N3O3S/c1-3-11(15(2,13)14)8(12)10-6-4-9-5-7-10/h9H,3-7H2,1-2H3. The molecule has 0 atom stereocenters. The van der Waals surface area contributed by atoms with Gasteiger partial charge in [-0.25, -0.2) is 17.5 Å². The van der Waals surface area contributed by atoms with Gasteiger partial charge in [-0.05, 0) is 6.92 Å². The minimum Gasteiger partial charge on any atom is -0.321 e. The summed E-state index contributed by atoms with van der Waals surface area (Å²) in [7, 11) is -3.44. The zero-order valence-corrected chi connectivity index (χ0v) is 9.88. The van der Waals surface area contributed by atoms with Crippen LogP contribution in [0.4, 0.5) is 4.79 Å². The summed E-state index contributed by atoms with van der Waals surface area (Å²) in [6, 6.07) is -0.415. The largest absolute Gasteiger partial charge is 0.333 e. The van der Waals surface area contributed by atoms with E-state index in [1.807, 2.05) is 0 Å². The predicted molar refractivity (Wildman–Crippen MR) is 57.1 cm³/mol. The van der Waals surface area contributed by atoms with E-state index in [0.29, 0.717) is 26.2 Å². The van der Waals surface area contributed by atoms with E-state index >= 15 is 0 Å². The van der Waals surface area contributed by atoms with Crippen molar-refractivity contribution in [3.05, 3.63) is 0 Å². The number of rotatable bonds is 2. The number of nitrogens with zero attached hydrogens (tertiary/aromatic N) is 2. The van der Waals surface area contributed by atoms with Crippen LogP contribution in [-0.4, -0.2) is 62.6 Å². The topological polar surface area (TPSA) is 69.7 Å². The van der Waals surface area contributed by atoms with Crippen molar-refractivity contribution in [3.8, 4) is 0 Å². The summed E-state index contributed by atoms with van der Waals surface area (Å²) in [5.74, 6) is 0. The Morgan fingerprint density at radius 1 is 1.40 bits per heavy atom.